The summed E-state index contributed by atoms with van der Waals surface area (Å²) in [6, 6.07) is 1.53. The summed E-state index contributed by atoms with van der Waals surface area (Å²) in [6.45, 7) is 14.5. The highest BCUT2D eigenvalue weighted by molar-refractivity contribution is 8.05. The number of phosphoric acid groups is 3. The fraction of sp³-hybridized carbons (Fsp3) is 1.00. The fourth-order valence-corrected chi connectivity index (χ4v) is 10.7. The van der Waals surface area contributed by atoms with E-state index < -0.39 is 110 Å². The lowest BCUT2D eigenvalue weighted by Gasteiger charge is -2.19. The first kappa shape index (κ1) is 55.0. The van der Waals surface area contributed by atoms with Gasteiger partial charge in [0.05, 0.1) is 19.8 Å². The molecule has 0 aromatic heterocycles. The molecule has 6 saturated heterocycles. The van der Waals surface area contributed by atoms with Crippen molar-refractivity contribution in [2.75, 3.05) is 19.8 Å². The zero-order valence-electron chi connectivity index (χ0n) is 33.8. The minimum atomic E-state index is -5.62. The molecule has 25 nitrogen and oxygen atoms in total. The molecular weight excluding hydrogens is 937 g/mol. The zero-order chi connectivity index (χ0) is 46.2. The second kappa shape index (κ2) is 21.5. The Morgan fingerprint density at radius 1 is 0.500 bits per heavy atom. The molecule has 6 aliphatic rings. The average molecular weight is 997 g/mol. The van der Waals surface area contributed by atoms with Crippen LogP contribution < -0.4 is 0 Å². The van der Waals surface area contributed by atoms with Crippen molar-refractivity contribution in [3.63, 3.8) is 0 Å². The van der Waals surface area contributed by atoms with Crippen LogP contribution in [0.1, 0.15) is 55.4 Å². The number of rotatable bonds is 14. The van der Waals surface area contributed by atoms with Crippen molar-refractivity contribution in [3.05, 3.63) is 0 Å². The van der Waals surface area contributed by atoms with Crippen LogP contribution in [0.25, 0.3) is 0 Å². The Labute approximate surface area is 356 Å². The van der Waals surface area contributed by atoms with E-state index in [2.05, 4.69) is 13.1 Å². The lowest BCUT2D eigenvalue weighted by atomic mass is 10.1. The van der Waals surface area contributed by atoms with Crippen molar-refractivity contribution in [3.8, 4) is 0 Å². The Morgan fingerprint density at radius 3 is 1.07 bits per heavy atom. The van der Waals surface area contributed by atoms with E-state index in [1.54, 1.807) is 4.90 Å². The van der Waals surface area contributed by atoms with Crippen LogP contribution in [0.15, 0.2) is 0 Å². The van der Waals surface area contributed by atoms with E-state index in [4.69, 9.17) is 61.0 Å². The third kappa shape index (κ3) is 14.3. The normalized spacial score (nSPS) is 46.4. The molecule has 0 aromatic rings. The standard InChI is InChI=1S/C9H16Cl2NO5P.C9H20NO13P3.C9H17NO4.C2H6/c1-4-5(2)12(4)9-8(14)7(13)6(17-9)3-16-18(10,11)15;1-4-5(2)10(4)9-8(12)7(11)6(21-9)3-20-25(16,17)23-26(18,19)22-24(13,14)15;1-4-5(2)10(4)9-8(13)7(12)6(3-11)14-9;1-2/h4-9,13-14H,3H2,1-2H3;4-9,11-12H,3H2,1-2H3,(H,16,17)(H,18,19)(H2,13,14,15);4-9,11-13H,3H2,1-2H3;1-2H3. The van der Waals surface area contributed by atoms with Crippen molar-refractivity contribution in [2.45, 2.75) is 165 Å². The van der Waals surface area contributed by atoms with Gasteiger partial charge in [-0.25, -0.2) is 13.7 Å². The minimum absolute atomic E-state index is 0.0962. The average Bonchev–Trinajstić information content (AvgIpc) is 3.97. The number of hydrogen-bond acceptors (Lipinski definition) is 21. The number of hydrogen-bond donors (Lipinski definition) is 11. The minimum Gasteiger partial charge on any atom is -0.394 e. The Hall–Kier alpha value is 0.660. The lowest BCUT2D eigenvalue weighted by molar-refractivity contribution is -0.0652. The van der Waals surface area contributed by atoms with Gasteiger partial charge in [0, 0.05) is 36.3 Å². The van der Waals surface area contributed by atoms with Crippen LogP contribution in [0, 0.1) is 0 Å². The molecule has 0 radical (unpaired) electrons. The molecule has 0 aromatic carbocycles. The number of aliphatic hydroxyl groups is 7. The zero-order valence-corrected chi connectivity index (χ0v) is 38.9. The summed E-state index contributed by atoms with van der Waals surface area (Å²) in [6.07, 6.45) is -15.1. The van der Waals surface area contributed by atoms with Crippen molar-refractivity contribution in [2.24, 2.45) is 0 Å². The van der Waals surface area contributed by atoms with Crippen LogP contribution in [-0.2, 0) is 50.1 Å². The maximum atomic E-state index is 11.6. The smallest absolute Gasteiger partial charge is 0.394 e. The molecule has 356 valence electrons. The van der Waals surface area contributed by atoms with Gasteiger partial charge in [-0.3, -0.25) is 23.8 Å². The molecule has 0 spiro atoms. The summed E-state index contributed by atoms with van der Waals surface area (Å²) in [5.74, 6) is 0. The van der Waals surface area contributed by atoms with E-state index in [-0.39, 0.29) is 25.3 Å². The van der Waals surface area contributed by atoms with E-state index in [1.807, 2.05) is 65.2 Å². The summed E-state index contributed by atoms with van der Waals surface area (Å²) in [5.41, 5.74) is 0. The number of phosphoric ester groups is 1. The van der Waals surface area contributed by atoms with Crippen LogP contribution in [0.4, 0.5) is 0 Å². The summed E-state index contributed by atoms with van der Waals surface area (Å²) in [7, 11) is -16.4. The largest absolute Gasteiger partial charge is 0.490 e. The van der Waals surface area contributed by atoms with Crippen molar-refractivity contribution in [1.29, 1.82) is 0 Å². The molecule has 6 rings (SSSR count). The van der Waals surface area contributed by atoms with Crippen LogP contribution in [0.3, 0.4) is 0 Å². The lowest BCUT2D eigenvalue weighted by Crippen LogP contribution is -2.37. The number of nitrogens with zero attached hydrogens (tertiary/aromatic N) is 3. The monoisotopic (exact) mass is 995 g/mol. The summed E-state index contributed by atoms with van der Waals surface area (Å²) in [5, 5.41) is 67.7. The predicted molar refractivity (Wildman–Crippen MR) is 208 cm³/mol. The molecule has 0 bridgehead atoms. The quantitative estimate of drug-likeness (QED) is 0.0775. The van der Waals surface area contributed by atoms with Crippen LogP contribution in [0.5, 0.6) is 0 Å². The van der Waals surface area contributed by atoms with Crippen molar-refractivity contribution < 1.29 is 105 Å². The van der Waals surface area contributed by atoms with Crippen LogP contribution in [-0.4, -0.2) is 200 Å². The van der Waals surface area contributed by atoms with E-state index in [0.29, 0.717) is 24.2 Å². The van der Waals surface area contributed by atoms with Gasteiger partial charge in [0.2, 0.25) is 0 Å². The fourth-order valence-electron chi connectivity index (χ4n) is 6.97. The molecule has 20 atom stereocenters. The van der Waals surface area contributed by atoms with Crippen LogP contribution in [0.2, 0.25) is 0 Å². The highest BCUT2D eigenvalue weighted by Crippen LogP contribution is 2.66. The Balaban J connectivity index is 0.000000246. The summed E-state index contributed by atoms with van der Waals surface area (Å²) >= 11 is 10.5. The second-order valence-corrected chi connectivity index (χ2v) is 23.4. The summed E-state index contributed by atoms with van der Waals surface area (Å²) < 4.78 is 76.8. The SMILES string of the molecule is CC.CC1C(C)N1C1OC(CO)C(O)C1O.CC1C(C)N1C1OC(COP(=O)(Cl)Cl)C(O)C1O.CC1C(C)N1C1OC(COP(=O)(O)OP(=O)(O)OP(=O)(O)O)C(O)C1O. The molecule has 20 unspecified atom stereocenters. The Bertz CT molecular complexity index is 1580. The highest BCUT2D eigenvalue weighted by Gasteiger charge is 2.57. The van der Waals surface area contributed by atoms with Crippen LogP contribution >= 0.6 is 52.0 Å². The number of aliphatic hydroxyl groups excluding tert-OH is 7. The van der Waals surface area contributed by atoms with Gasteiger partial charge in [0.15, 0.2) is 0 Å². The van der Waals surface area contributed by atoms with Gasteiger partial charge >= 0.3 is 29.5 Å². The van der Waals surface area contributed by atoms with Gasteiger partial charge in [-0.1, -0.05) is 13.8 Å². The van der Waals surface area contributed by atoms with Gasteiger partial charge in [-0.05, 0) is 64.0 Å². The van der Waals surface area contributed by atoms with E-state index in [0.717, 1.165) is 0 Å². The first-order valence-electron chi connectivity index (χ1n) is 18.8. The summed E-state index contributed by atoms with van der Waals surface area (Å²) in [4.78, 5) is 40.9. The van der Waals surface area contributed by atoms with Crippen molar-refractivity contribution in [1.82, 2.24) is 14.7 Å². The predicted octanol–water partition coefficient (Wildman–Crippen LogP) is -0.459. The molecule has 6 fully saturated rings. The van der Waals surface area contributed by atoms with Crippen molar-refractivity contribution >= 4 is 52.0 Å². The molecule has 6 heterocycles. The number of halogens is 2. The molecule has 0 saturated carbocycles. The maximum Gasteiger partial charge on any atom is 0.490 e. The van der Waals surface area contributed by atoms with E-state index in [1.165, 1.54) is 0 Å². The maximum absolute atomic E-state index is 11.6. The van der Waals surface area contributed by atoms with E-state index >= 15 is 0 Å². The molecule has 6 aliphatic heterocycles. The molecule has 11 N–H and O–H groups in total. The van der Waals surface area contributed by atoms with Gasteiger partial charge in [-0.2, -0.15) is 8.62 Å². The highest BCUT2D eigenvalue weighted by atomic mass is 35.9. The second-order valence-electron chi connectivity index (χ2n) is 14.7. The van der Waals surface area contributed by atoms with Gasteiger partial charge in [0.25, 0.3) is 0 Å². The molecular formula is C29H59Cl2N3O22P4. The Kier molecular flexibility index (Phi) is 19.7. The first-order chi connectivity index (χ1) is 27.4. The van der Waals surface area contributed by atoms with E-state index in [9.17, 15) is 53.8 Å². The van der Waals surface area contributed by atoms with Gasteiger partial charge in [0.1, 0.15) is 73.6 Å². The molecule has 60 heavy (non-hydrogen) atoms. The third-order valence-corrected chi connectivity index (χ3v) is 15.8. The topological polar surface area (TPSA) is 364 Å². The first-order valence-corrected chi connectivity index (χ1v) is 26.8. The molecule has 0 aliphatic carbocycles. The molecule has 31 heteroatoms. The van der Waals surface area contributed by atoms with Gasteiger partial charge in [-0.15, -0.1) is 0 Å². The third-order valence-electron chi connectivity index (χ3n) is 10.9. The Morgan fingerprint density at radius 2 is 0.800 bits per heavy atom. The number of ether oxygens (including phenoxy) is 3. The van der Waals surface area contributed by atoms with Gasteiger partial charge < -0.3 is 74.1 Å². The molecule has 0 amide bonds.